The van der Waals surface area contributed by atoms with Gasteiger partial charge in [-0.15, -0.1) is 0 Å². The largest absolute Gasteiger partial charge is 0.397 e. The van der Waals surface area contributed by atoms with Gasteiger partial charge >= 0.3 is 0 Å². The Labute approximate surface area is 166 Å². The molecule has 3 aliphatic rings. The maximum absolute atomic E-state index is 8.96. The molecular formula is C24H27N3O. The van der Waals surface area contributed by atoms with Crippen molar-refractivity contribution >= 4 is 5.71 Å². The molecule has 4 N–H and O–H groups in total. The Bertz CT molecular complexity index is 945. The molecule has 2 aliphatic heterocycles. The maximum atomic E-state index is 8.96. The minimum Gasteiger partial charge on any atom is -0.397 e. The number of aliphatic hydroxyl groups excluding tert-OH is 1. The predicted molar refractivity (Wildman–Crippen MR) is 115 cm³/mol. The van der Waals surface area contributed by atoms with Gasteiger partial charge in [0.1, 0.15) is 5.54 Å². The van der Waals surface area contributed by atoms with Gasteiger partial charge in [0, 0.05) is 17.9 Å². The molecule has 0 bridgehead atoms. The van der Waals surface area contributed by atoms with Gasteiger partial charge in [0.05, 0.1) is 17.6 Å². The minimum atomic E-state index is -0.449. The molecule has 0 saturated heterocycles. The summed E-state index contributed by atoms with van der Waals surface area (Å²) >= 11 is 0. The van der Waals surface area contributed by atoms with Gasteiger partial charge in [0.25, 0.3) is 0 Å². The number of nitrogens with one attached hydrogen (secondary N) is 1. The Morgan fingerprint density at radius 2 is 1.79 bits per heavy atom. The van der Waals surface area contributed by atoms with E-state index in [4.69, 9.17) is 10.8 Å². The lowest BCUT2D eigenvalue weighted by molar-refractivity contribution is 0.288. The number of allylic oxidation sites excluding steroid dienone is 5. The van der Waals surface area contributed by atoms with Crippen molar-refractivity contribution in [2.45, 2.75) is 38.1 Å². The summed E-state index contributed by atoms with van der Waals surface area (Å²) in [7, 11) is 0. The zero-order valence-electron chi connectivity index (χ0n) is 16.3. The number of nitrogens with two attached hydrogens (primary N) is 1. The summed E-state index contributed by atoms with van der Waals surface area (Å²) in [4.78, 5) is 4.64. The molecule has 28 heavy (non-hydrogen) atoms. The summed E-state index contributed by atoms with van der Waals surface area (Å²) in [6.07, 6.45) is 16.0. The van der Waals surface area contributed by atoms with E-state index in [0.717, 1.165) is 42.5 Å². The molecule has 4 heteroatoms. The fraction of sp³-hybridized carbons (Fsp3) is 0.292. The summed E-state index contributed by atoms with van der Waals surface area (Å²) in [6.45, 7) is 2.34. The number of aliphatic imine (C=N–C) groups is 1. The van der Waals surface area contributed by atoms with Crippen molar-refractivity contribution in [3.63, 3.8) is 0 Å². The van der Waals surface area contributed by atoms with Crippen LogP contribution in [-0.2, 0) is 12.8 Å². The van der Waals surface area contributed by atoms with Crippen LogP contribution in [-0.4, -0.2) is 23.0 Å². The number of hydrogen-bond acceptors (Lipinski definition) is 4. The van der Waals surface area contributed by atoms with Crippen LogP contribution in [0.2, 0.25) is 0 Å². The lowest BCUT2D eigenvalue weighted by Gasteiger charge is -2.42. The third-order valence-electron chi connectivity index (χ3n) is 5.65. The highest BCUT2D eigenvalue weighted by molar-refractivity contribution is 6.13. The number of hydrogen-bond donors (Lipinski definition) is 3. The second kappa shape index (κ2) is 7.64. The Hall–Kier alpha value is -2.85. The van der Waals surface area contributed by atoms with Gasteiger partial charge in [-0.2, -0.15) is 0 Å². The molecule has 1 spiro atoms. The molecule has 4 nitrogen and oxygen atoms in total. The van der Waals surface area contributed by atoms with Gasteiger partial charge in [-0.05, 0) is 61.5 Å². The normalized spacial score (nSPS) is 22.7. The van der Waals surface area contributed by atoms with Crippen LogP contribution in [0, 0.1) is 0 Å². The molecule has 1 aromatic carbocycles. The van der Waals surface area contributed by atoms with Crippen LogP contribution in [0.3, 0.4) is 0 Å². The SMILES string of the molecule is CC1=CC=CC23NC(CCc4ccc(CCCO)cc4)=CC=C2C(N)=CN=C13. The second-order valence-electron chi connectivity index (χ2n) is 7.62. The minimum absolute atomic E-state index is 0.243. The van der Waals surface area contributed by atoms with E-state index in [1.165, 1.54) is 16.8 Å². The molecule has 144 valence electrons. The quantitative estimate of drug-likeness (QED) is 0.715. The van der Waals surface area contributed by atoms with E-state index in [2.05, 4.69) is 71.9 Å². The average molecular weight is 374 g/mol. The third kappa shape index (κ3) is 3.36. The van der Waals surface area contributed by atoms with E-state index in [1.807, 2.05) is 0 Å². The molecule has 0 aromatic heterocycles. The first-order chi connectivity index (χ1) is 13.6. The summed E-state index contributed by atoms with van der Waals surface area (Å²) in [6, 6.07) is 8.72. The molecular weight excluding hydrogens is 346 g/mol. The first-order valence-corrected chi connectivity index (χ1v) is 9.91. The molecule has 0 radical (unpaired) electrons. The van der Waals surface area contributed by atoms with Crippen LogP contribution in [0.5, 0.6) is 0 Å². The van der Waals surface area contributed by atoms with Crippen molar-refractivity contribution in [2.24, 2.45) is 10.7 Å². The van der Waals surface area contributed by atoms with Crippen molar-refractivity contribution in [2.75, 3.05) is 6.61 Å². The predicted octanol–water partition coefficient (Wildman–Crippen LogP) is 3.47. The molecule has 1 atom stereocenters. The van der Waals surface area contributed by atoms with Crippen molar-refractivity contribution < 1.29 is 5.11 Å². The van der Waals surface area contributed by atoms with Crippen LogP contribution < -0.4 is 11.1 Å². The molecule has 4 rings (SSSR count). The molecule has 1 aromatic rings. The highest BCUT2D eigenvalue weighted by Gasteiger charge is 2.43. The zero-order chi connectivity index (χ0) is 19.6. The summed E-state index contributed by atoms with van der Waals surface area (Å²) in [5.74, 6) is 0. The Balaban J connectivity index is 1.49. The topological polar surface area (TPSA) is 70.6 Å². The highest BCUT2D eigenvalue weighted by atomic mass is 16.2. The van der Waals surface area contributed by atoms with Crippen LogP contribution in [0.1, 0.15) is 30.9 Å². The van der Waals surface area contributed by atoms with Crippen LogP contribution >= 0.6 is 0 Å². The Morgan fingerprint density at radius 1 is 1.04 bits per heavy atom. The second-order valence-corrected chi connectivity index (χ2v) is 7.62. The number of benzene rings is 1. The number of dihydropyridines is 1. The van der Waals surface area contributed by atoms with Gasteiger partial charge in [0.15, 0.2) is 0 Å². The molecule has 1 aliphatic carbocycles. The van der Waals surface area contributed by atoms with E-state index < -0.39 is 5.54 Å². The first-order valence-electron chi connectivity index (χ1n) is 9.91. The lowest BCUT2D eigenvalue weighted by atomic mass is 9.74. The Kier molecular flexibility index (Phi) is 5.05. The fourth-order valence-corrected chi connectivity index (χ4v) is 4.11. The zero-order valence-corrected chi connectivity index (χ0v) is 16.3. The highest BCUT2D eigenvalue weighted by Crippen LogP contribution is 2.37. The molecule has 0 amide bonds. The van der Waals surface area contributed by atoms with Crippen molar-refractivity contribution in [1.82, 2.24) is 5.32 Å². The van der Waals surface area contributed by atoms with Crippen LogP contribution in [0.4, 0.5) is 0 Å². The number of rotatable bonds is 6. The average Bonchev–Trinajstić information content (AvgIpc) is 2.71. The van der Waals surface area contributed by atoms with Gasteiger partial charge in [-0.1, -0.05) is 42.5 Å². The van der Waals surface area contributed by atoms with Crippen molar-refractivity contribution in [1.29, 1.82) is 0 Å². The van der Waals surface area contributed by atoms with Crippen LogP contribution in [0.15, 0.2) is 88.4 Å². The van der Waals surface area contributed by atoms with E-state index in [-0.39, 0.29) is 6.61 Å². The number of aliphatic hydroxyl groups is 1. The smallest absolute Gasteiger partial charge is 0.126 e. The van der Waals surface area contributed by atoms with Gasteiger partial charge < -0.3 is 16.2 Å². The maximum Gasteiger partial charge on any atom is 0.126 e. The third-order valence-corrected chi connectivity index (χ3v) is 5.65. The van der Waals surface area contributed by atoms with Gasteiger partial charge in [-0.25, -0.2) is 0 Å². The van der Waals surface area contributed by atoms with E-state index in [0.29, 0.717) is 5.70 Å². The first kappa shape index (κ1) is 18.5. The Morgan fingerprint density at radius 3 is 2.54 bits per heavy atom. The summed E-state index contributed by atoms with van der Waals surface area (Å²) in [5.41, 5.74) is 13.5. The van der Waals surface area contributed by atoms with Gasteiger partial charge in [0.2, 0.25) is 0 Å². The van der Waals surface area contributed by atoms with E-state index in [1.54, 1.807) is 6.20 Å². The summed E-state index contributed by atoms with van der Waals surface area (Å²) in [5, 5.41) is 12.7. The van der Waals surface area contributed by atoms with E-state index >= 15 is 0 Å². The van der Waals surface area contributed by atoms with Crippen LogP contribution in [0.25, 0.3) is 0 Å². The van der Waals surface area contributed by atoms with Crippen molar-refractivity contribution in [3.05, 3.63) is 94.5 Å². The molecule has 0 saturated carbocycles. The lowest BCUT2D eigenvalue weighted by Crippen LogP contribution is -2.56. The molecule has 0 fully saturated rings. The van der Waals surface area contributed by atoms with E-state index in [9.17, 15) is 0 Å². The summed E-state index contributed by atoms with van der Waals surface area (Å²) < 4.78 is 0. The molecule has 1 unspecified atom stereocenters. The number of nitrogens with zero attached hydrogens (tertiary/aromatic N) is 1. The fourth-order valence-electron chi connectivity index (χ4n) is 4.11. The van der Waals surface area contributed by atoms with Crippen molar-refractivity contribution in [3.8, 4) is 0 Å². The molecule has 2 heterocycles. The number of aryl methyl sites for hydroxylation is 2. The standard InChI is InChI=1S/C24H27N3O/c1-17-4-2-14-24-21(22(25)16-26-23(17)24)13-12-20(27-24)11-10-19-8-6-18(7-9-19)5-3-15-28/h2,4,6-9,12-14,16,27-28H,3,5,10-11,15,25H2,1H3. The monoisotopic (exact) mass is 373 g/mol. The van der Waals surface area contributed by atoms with Gasteiger partial charge in [-0.3, -0.25) is 4.99 Å².